The van der Waals surface area contributed by atoms with Crippen molar-refractivity contribution in [2.45, 2.75) is 56.6 Å². The molecule has 1 saturated heterocycles. The quantitative estimate of drug-likeness (QED) is 0.792. The summed E-state index contributed by atoms with van der Waals surface area (Å²) in [7, 11) is 0. The van der Waals surface area contributed by atoms with Crippen LogP contribution >= 0.6 is 0 Å². The first-order valence-electron chi connectivity index (χ1n) is 8.95. The van der Waals surface area contributed by atoms with Crippen LogP contribution in [0.15, 0.2) is 24.3 Å². The van der Waals surface area contributed by atoms with Crippen molar-refractivity contribution < 1.29 is 24.2 Å². The van der Waals surface area contributed by atoms with Gasteiger partial charge in [-0.15, -0.1) is 0 Å². The van der Waals surface area contributed by atoms with Gasteiger partial charge in [-0.25, -0.2) is 0 Å². The number of amides is 1. The highest BCUT2D eigenvalue weighted by Gasteiger charge is 2.37. The molecule has 1 unspecified atom stereocenters. The Kier molecular flexibility index (Phi) is 5.58. The molecular weight excluding hydrogens is 322 g/mol. The number of hydrogen-bond acceptors (Lipinski definition) is 4. The topological polar surface area (TPSA) is 84.9 Å². The molecule has 25 heavy (non-hydrogen) atoms. The van der Waals surface area contributed by atoms with Gasteiger partial charge < -0.3 is 19.9 Å². The number of carbonyl (C=O) groups is 2. The van der Waals surface area contributed by atoms with E-state index in [0.717, 1.165) is 32.3 Å². The first-order chi connectivity index (χ1) is 12.1. The Morgan fingerprint density at radius 2 is 2.08 bits per heavy atom. The molecule has 1 saturated carbocycles. The predicted molar refractivity (Wildman–Crippen MR) is 91.8 cm³/mol. The molecule has 2 aliphatic rings. The lowest BCUT2D eigenvalue weighted by Crippen LogP contribution is -2.47. The fraction of sp³-hybridized carbons (Fsp3) is 0.579. The average Bonchev–Trinajstić information content (AvgIpc) is 3.25. The molecule has 6 nitrogen and oxygen atoms in total. The van der Waals surface area contributed by atoms with Crippen molar-refractivity contribution >= 4 is 11.9 Å². The van der Waals surface area contributed by atoms with Crippen LogP contribution in [0.3, 0.4) is 0 Å². The molecule has 1 atom stereocenters. The van der Waals surface area contributed by atoms with Crippen molar-refractivity contribution in [2.75, 3.05) is 13.2 Å². The molecule has 1 heterocycles. The summed E-state index contributed by atoms with van der Waals surface area (Å²) >= 11 is 0. The third-order valence-corrected chi connectivity index (χ3v) is 4.99. The van der Waals surface area contributed by atoms with Gasteiger partial charge in [0.25, 0.3) is 5.91 Å². The molecule has 1 amide bonds. The number of carboxylic acids is 1. The van der Waals surface area contributed by atoms with Gasteiger partial charge in [0.1, 0.15) is 12.4 Å². The molecule has 6 heteroatoms. The van der Waals surface area contributed by atoms with Crippen molar-refractivity contribution in [1.82, 2.24) is 5.32 Å². The van der Waals surface area contributed by atoms with Gasteiger partial charge >= 0.3 is 5.97 Å². The van der Waals surface area contributed by atoms with E-state index in [1.807, 2.05) is 6.07 Å². The highest BCUT2D eigenvalue weighted by Crippen LogP contribution is 2.33. The van der Waals surface area contributed by atoms with E-state index in [-0.39, 0.29) is 18.4 Å². The number of benzene rings is 1. The fourth-order valence-corrected chi connectivity index (χ4v) is 3.69. The van der Waals surface area contributed by atoms with Crippen molar-refractivity contribution in [1.29, 1.82) is 0 Å². The van der Waals surface area contributed by atoms with E-state index in [0.29, 0.717) is 30.8 Å². The summed E-state index contributed by atoms with van der Waals surface area (Å²) in [6.07, 6.45) is 5.44. The van der Waals surface area contributed by atoms with E-state index in [1.165, 1.54) is 0 Å². The van der Waals surface area contributed by atoms with Crippen LogP contribution in [-0.2, 0) is 9.53 Å². The molecule has 136 valence electrons. The Labute approximate surface area is 147 Å². The standard InChI is InChI=1S/C19H25NO5/c21-17(22)12-19(8-1-2-9-19)20-18(23)14-5-3-6-15(11-14)25-13-16-7-4-10-24-16/h3,5-6,11,16H,1-2,4,7-10,12-13H2,(H,20,23)(H,21,22). The number of carboxylic acid groups (broad SMARTS) is 1. The van der Waals surface area contributed by atoms with E-state index in [1.54, 1.807) is 18.2 Å². The van der Waals surface area contributed by atoms with E-state index in [4.69, 9.17) is 14.6 Å². The average molecular weight is 347 g/mol. The van der Waals surface area contributed by atoms with Gasteiger partial charge in [0.15, 0.2) is 0 Å². The third-order valence-electron chi connectivity index (χ3n) is 4.99. The molecule has 1 aromatic carbocycles. The van der Waals surface area contributed by atoms with Gasteiger partial charge in [0, 0.05) is 12.2 Å². The second-order valence-corrected chi connectivity index (χ2v) is 6.99. The van der Waals surface area contributed by atoms with E-state index < -0.39 is 11.5 Å². The van der Waals surface area contributed by atoms with Crippen LogP contribution in [0, 0.1) is 0 Å². The summed E-state index contributed by atoms with van der Waals surface area (Å²) in [5.41, 5.74) is -0.140. The normalized spacial score (nSPS) is 21.8. The van der Waals surface area contributed by atoms with Gasteiger partial charge in [-0.1, -0.05) is 18.9 Å². The Hall–Kier alpha value is -2.08. The smallest absolute Gasteiger partial charge is 0.305 e. The summed E-state index contributed by atoms with van der Waals surface area (Å²) in [6.45, 7) is 1.26. The molecular formula is C19H25NO5. The number of nitrogens with one attached hydrogen (secondary N) is 1. The van der Waals surface area contributed by atoms with Crippen LogP contribution in [-0.4, -0.2) is 41.8 Å². The minimum Gasteiger partial charge on any atom is -0.491 e. The molecule has 1 aliphatic carbocycles. The van der Waals surface area contributed by atoms with E-state index >= 15 is 0 Å². The van der Waals surface area contributed by atoms with Gasteiger partial charge in [-0.3, -0.25) is 9.59 Å². The molecule has 3 rings (SSSR count). The van der Waals surface area contributed by atoms with Crippen LogP contribution in [0.2, 0.25) is 0 Å². The summed E-state index contributed by atoms with van der Waals surface area (Å²) in [5, 5.41) is 12.1. The summed E-state index contributed by atoms with van der Waals surface area (Å²) in [6, 6.07) is 7.01. The predicted octanol–water partition coefficient (Wildman–Crippen LogP) is 2.76. The second-order valence-electron chi connectivity index (χ2n) is 6.99. The molecule has 0 aromatic heterocycles. The van der Waals surface area contributed by atoms with Crippen molar-refractivity contribution in [2.24, 2.45) is 0 Å². The molecule has 0 bridgehead atoms. The largest absolute Gasteiger partial charge is 0.491 e. The van der Waals surface area contributed by atoms with Crippen LogP contribution in [0.1, 0.15) is 55.3 Å². The number of ether oxygens (including phenoxy) is 2. The molecule has 2 N–H and O–H groups in total. The maximum atomic E-state index is 12.6. The zero-order valence-electron chi connectivity index (χ0n) is 14.3. The first-order valence-corrected chi connectivity index (χ1v) is 8.95. The zero-order chi connectivity index (χ0) is 17.7. The Balaban J connectivity index is 1.62. The monoisotopic (exact) mass is 347 g/mol. The van der Waals surface area contributed by atoms with Crippen molar-refractivity contribution in [3.63, 3.8) is 0 Å². The number of hydrogen-bond donors (Lipinski definition) is 2. The Morgan fingerprint density at radius 3 is 2.76 bits per heavy atom. The number of rotatable bonds is 7. The SMILES string of the molecule is O=C(O)CC1(NC(=O)c2cccc(OCC3CCCO3)c2)CCCC1. The maximum absolute atomic E-state index is 12.6. The van der Waals surface area contributed by atoms with Gasteiger partial charge in [0.05, 0.1) is 18.1 Å². The Morgan fingerprint density at radius 1 is 1.28 bits per heavy atom. The summed E-state index contributed by atoms with van der Waals surface area (Å²) in [5.74, 6) is -0.497. The second kappa shape index (κ2) is 7.87. The maximum Gasteiger partial charge on any atom is 0.305 e. The molecule has 1 aromatic rings. The lowest BCUT2D eigenvalue weighted by molar-refractivity contribution is -0.138. The van der Waals surface area contributed by atoms with E-state index in [9.17, 15) is 9.59 Å². The minimum absolute atomic E-state index is 0.0338. The minimum atomic E-state index is -0.879. The van der Waals surface area contributed by atoms with Crippen LogP contribution in [0.5, 0.6) is 5.75 Å². The van der Waals surface area contributed by atoms with Crippen molar-refractivity contribution in [3.8, 4) is 5.75 Å². The van der Waals surface area contributed by atoms with E-state index in [2.05, 4.69) is 5.32 Å². The number of aliphatic carboxylic acids is 1. The van der Waals surface area contributed by atoms with Gasteiger partial charge in [0.2, 0.25) is 0 Å². The van der Waals surface area contributed by atoms with Gasteiger partial charge in [-0.2, -0.15) is 0 Å². The fourth-order valence-electron chi connectivity index (χ4n) is 3.69. The summed E-state index contributed by atoms with van der Waals surface area (Å²) < 4.78 is 11.3. The highest BCUT2D eigenvalue weighted by atomic mass is 16.5. The van der Waals surface area contributed by atoms with Crippen LogP contribution < -0.4 is 10.1 Å². The molecule has 0 radical (unpaired) electrons. The van der Waals surface area contributed by atoms with Gasteiger partial charge in [-0.05, 0) is 43.9 Å². The first kappa shape index (κ1) is 17.7. The Bertz CT molecular complexity index is 618. The highest BCUT2D eigenvalue weighted by molar-refractivity contribution is 5.95. The van der Waals surface area contributed by atoms with Crippen LogP contribution in [0.4, 0.5) is 0 Å². The number of carbonyl (C=O) groups excluding carboxylic acids is 1. The third kappa shape index (κ3) is 4.72. The summed E-state index contributed by atoms with van der Waals surface area (Å²) in [4.78, 5) is 23.8. The molecule has 1 aliphatic heterocycles. The lowest BCUT2D eigenvalue weighted by Gasteiger charge is -2.28. The van der Waals surface area contributed by atoms with Crippen molar-refractivity contribution in [3.05, 3.63) is 29.8 Å². The zero-order valence-corrected chi connectivity index (χ0v) is 14.3. The molecule has 2 fully saturated rings. The lowest BCUT2D eigenvalue weighted by atomic mass is 9.92. The van der Waals surface area contributed by atoms with Crippen LogP contribution in [0.25, 0.3) is 0 Å². The molecule has 0 spiro atoms.